The minimum Gasteiger partial charge on any atom is -0.493 e. The SMILES string of the molecule is O=C(NC1CCCC1CBr)C1CCOc2ccccc21. The molecule has 4 heteroatoms. The van der Waals surface area contributed by atoms with Crippen LogP contribution >= 0.6 is 15.9 Å². The average Bonchev–Trinajstić information content (AvgIpc) is 2.93. The van der Waals surface area contributed by atoms with Gasteiger partial charge in [-0.1, -0.05) is 40.5 Å². The Labute approximate surface area is 128 Å². The van der Waals surface area contributed by atoms with Gasteiger partial charge in [-0.2, -0.15) is 0 Å². The van der Waals surface area contributed by atoms with Crippen molar-refractivity contribution in [3.05, 3.63) is 29.8 Å². The molecule has 1 N–H and O–H groups in total. The molecule has 3 rings (SSSR count). The fourth-order valence-electron chi connectivity index (χ4n) is 3.31. The molecule has 0 aromatic heterocycles. The first-order chi connectivity index (χ1) is 9.79. The van der Waals surface area contributed by atoms with E-state index in [1.807, 2.05) is 24.3 Å². The first-order valence-corrected chi connectivity index (χ1v) is 8.50. The minimum atomic E-state index is -0.0588. The molecule has 0 bridgehead atoms. The summed E-state index contributed by atoms with van der Waals surface area (Å²) in [7, 11) is 0. The smallest absolute Gasteiger partial charge is 0.228 e. The fraction of sp³-hybridized carbons (Fsp3) is 0.562. The van der Waals surface area contributed by atoms with Crippen molar-refractivity contribution in [3.8, 4) is 5.75 Å². The summed E-state index contributed by atoms with van der Waals surface area (Å²) in [5.41, 5.74) is 1.03. The van der Waals surface area contributed by atoms with Gasteiger partial charge >= 0.3 is 0 Å². The molecule has 3 nitrogen and oxygen atoms in total. The molecule has 1 saturated carbocycles. The zero-order valence-electron chi connectivity index (χ0n) is 11.5. The molecule has 1 aromatic carbocycles. The molecular weight excluding hydrogens is 318 g/mol. The third-order valence-corrected chi connectivity index (χ3v) is 5.29. The van der Waals surface area contributed by atoms with Gasteiger partial charge in [0.05, 0.1) is 12.5 Å². The van der Waals surface area contributed by atoms with Crippen molar-refractivity contribution in [1.29, 1.82) is 0 Å². The third kappa shape index (κ3) is 2.71. The van der Waals surface area contributed by atoms with E-state index >= 15 is 0 Å². The van der Waals surface area contributed by atoms with Crippen LogP contribution in [0, 0.1) is 5.92 Å². The molecule has 1 aromatic rings. The number of hydrogen-bond donors (Lipinski definition) is 1. The lowest BCUT2D eigenvalue weighted by molar-refractivity contribution is -0.124. The summed E-state index contributed by atoms with van der Waals surface area (Å²) >= 11 is 3.56. The summed E-state index contributed by atoms with van der Waals surface area (Å²) in [6, 6.07) is 8.22. The van der Waals surface area contributed by atoms with Crippen molar-refractivity contribution in [2.45, 2.75) is 37.6 Å². The number of hydrogen-bond acceptors (Lipinski definition) is 2. The summed E-state index contributed by atoms with van der Waals surface area (Å²) in [6.45, 7) is 0.627. The number of para-hydroxylation sites is 1. The lowest BCUT2D eigenvalue weighted by Gasteiger charge is -2.27. The molecule has 20 heavy (non-hydrogen) atoms. The summed E-state index contributed by atoms with van der Waals surface area (Å²) in [4.78, 5) is 12.6. The molecular formula is C16H20BrNO2. The largest absolute Gasteiger partial charge is 0.493 e. The Balaban J connectivity index is 1.72. The van der Waals surface area contributed by atoms with Crippen LogP contribution in [0.4, 0.5) is 0 Å². The Bertz CT molecular complexity index is 491. The molecule has 1 aliphatic heterocycles. The second-order valence-corrected chi connectivity index (χ2v) is 6.34. The summed E-state index contributed by atoms with van der Waals surface area (Å²) in [5, 5.41) is 4.24. The van der Waals surface area contributed by atoms with E-state index < -0.39 is 0 Å². The van der Waals surface area contributed by atoms with Gasteiger partial charge in [0.1, 0.15) is 5.75 Å². The number of nitrogens with one attached hydrogen (secondary N) is 1. The van der Waals surface area contributed by atoms with Crippen LogP contribution in [0.25, 0.3) is 0 Å². The van der Waals surface area contributed by atoms with Crippen LogP contribution in [0.2, 0.25) is 0 Å². The Kier molecular flexibility index (Phi) is 4.29. The zero-order chi connectivity index (χ0) is 13.9. The predicted octanol–water partition coefficient (Wildman–Crippen LogP) is 3.23. The van der Waals surface area contributed by atoms with E-state index in [1.54, 1.807) is 0 Å². The summed E-state index contributed by atoms with van der Waals surface area (Å²) in [5.74, 6) is 1.55. The van der Waals surface area contributed by atoms with Crippen LogP contribution in [0.1, 0.15) is 37.2 Å². The number of halogens is 1. The first-order valence-electron chi connectivity index (χ1n) is 7.37. The highest BCUT2D eigenvalue weighted by atomic mass is 79.9. The van der Waals surface area contributed by atoms with Crippen molar-refractivity contribution >= 4 is 21.8 Å². The van der Waals surface area contributed by atoms with Crippen LogP contribution in [-0.2, 0) is 4.79 Å². The van der Waals surface area contributed by atoms with E-state index in [0.717, 1.165) is 29.5 Å². The molecule has 1 aliphatic carbocycles. The maximum Gasteiger partial charge on any atom is 0.228 e. The number of amides is 1. The van der Waals surface area contributed by atoms with Gasteiger partial charge in [-0.05, 0) is 31.2 Å². The average molecular weight is 338 g/mol. The quantitative estimate of drug-likeness (QED) is 0.860. The Hall–Kier alpha value is -1.03. The summed E-state index contributed by atoms with van der Waals surface area (Å²) in [6.07, 6.45) is 4.30. The van der Waals surface area contributed by atoms with Crippen molar-refractivity contribution in [1.82, 2.24) is 5.32 Å². The maximum absolute atomic E-state index is 12.6. The second kappa shape index (κ2) is 6.17. The molecule has 1 amide bonds. The van der Waals surface area contributed by atoms with Gasteiger partial charge in [0, 0.05) is 16.9 Å². The Morgan fingerprint density at radius 3 is 3.00 bits per heavy atom. The number of ether oxygens (including phenoxy) is 1. The second-order valence-electron chi connectivity index (χ2n) is 5.69. The highest BCUT2D eigenvalue weighted by Crippen LogP contribution is 2.34. The van der Waals surface area contributed by atoms with Gasteiger partial charge in [-0.3, -0.25) is 4.79 Å². The summed E-state index contributed by atoms with van der Waals surface area (Å²) < 4.78 is 5.63. The maximum atomic E-state index is 12.6. The predicted molar refractivity (Wildman–Crippen MR) is 82.4 cm³/mol. The van der Waals surface area contributed by atoms with Crippen molar-refractivity contribution in [2.24, 2.45) is 5.92 Å². The van der Waals surface area contributed by atoms with E-state index in [9.17, 15) is 4.79 Å². The number of fused-ring (bicyclic) bond motifs is 1. The monoisotopic (exact) mass is 337 g/mol. The normalized spacial score (nSPS) is 28.6. The molecule has 108 valence electrons. The van der Waals surface area contributed by atoms with Gasteiger partial charge in [0.15, 0.2) is 0 Å². The standard InChI is InChI=1S/C16H20BrNO2/c17-10-11-4-3-6-14(11)18-16(19)13-8-9-20-15-7-2-1-5-12(13)15/h1-2,5,7,11,13-14H,3-4,6,8-10H2,(H,18,19). The Morgan fingerprint density at radius 2 is 2.15 bits per heavy atom. The van der Waals surface area contributed by atoms with Crippen molar-refractivity contribution in [3.63, 3.8) is 0 Å². The fourth-order valence-corrected chi connectivity index (χ4v) is 4.08. The third-order valence-electron chi connectivity index (χ3n) is 4.46. The molecule has 0 spiro atoms. The first kappa shape index (κ1) is 13.9. The molecule has 0 saturated heterocycles. The van der Waals surface area contributed by atoms with E-state index in [0.29, 0.717) is 18.6 Å². The van der Waals surface area contributed by atoms with Crippen LogP contribution in [0.15, 0.2) is 24.3 Å². The van der Waals surface area contributed by atoms with Gasteiger partial charge in [0.2, 0.25) is 5.91 Å². The van der Waals surface area contributed by atoms with Crippen LogP contribution < -0.4 is 10.1 Å². The number of carbonyl (C=O) groups is 1. The lowest BCUT2D eigenvalue weighted by atomic mass is 9.91. The van der Waals surface area contributed by atoms with E-state index in [1.165, 1.54) is 12.8 Å². The molecule has 1 fully saturated rings. The molecule has 0 radical (unpaired) electrons. The van der Waals surface area contributed by atoms with E-state index in [-0.39, 0.29) is 11.8 Å². The lowest BCUT2D eigenvalue weighted by Crippen LogP contribution is -2.41. The van der Waals surface area contributed by atoms with Crippen LogP contribution in [0.3, 0.4) is 0 Å². The van der Waals surface area contributed by atoms with E-state index in [4.69, 9.17) is 4.74 Å². The highest BCUT2D eigenvalue weighted by Gasteiger charge is 2.32. The highest BCUT2D eigenvalue weighted by molar-refractivity contribution is 9.09. The number of carbonyl (C=O) groups excluding carboxylic acids is 1. The molecule has 3 atom stereocenters. The number of benzene rings is 1. The van der Waals surface area contributed by atoms with Crippen LogP contribution in [-0.4, -0.2) is 23.9 Å². The minimum absolute atomic E-state index is 0.0588. The number of rotatable bonds is 3. The molecule has 1 heterocycles. The van der Waals surface area contributed by atoms with Crippen LogP contribution in [0.5, 0.6) is 5.75 Å². The molecule has 2 aliphatic rings. The van der Waals surface area contributed by atoms with E-state index in [2.05, 4.69) is 21.2 Å². The van der Waals surface area contributed by atoms with Gasteiger partial charge in [0.25, 0.3) is 0 Å². The van der Waals surface area contributed by atoms with Gasteiger partial charge in [-0.15, -0.1) is 0 Å². The van der Waals surface area contributed by atoms with Gasteiger partial charge < -0.3 is 10.1 Å². The Morgan fingerprint density at radius 1 is 1.30 bits per heavy atom. The van der Waals surface area contributed by atoms with Crippen molar-refractivity contribution < 1.29 is 9.53 Å². The topological polar surface area (TPSA) is 38.3 Å². The van der Waals surface area contributed by atoms with Crippen molar-refractivity contribution in [2.75, 3.05) is 11.9 Å². The zero-order valence-corrected chi connectivity index (χ0v) is 13.1. The molecule has 3 unspecified atom stereocenters. The van der Waals surface area contributed by atoms with Gasteiger partial charge in [-0.25, -0.2) is 0 Å². The number of alkyl halides is 1.